The van der Waals surface area contributed by atoms with Crippen molar-refractivity contribution in [1.82, 2.24) is 0 Å². The highest BCUT2D eigenvalue weighted by molar-refractivity contribution is 5.91. The van der Waals surface area contributed by atoms with Crippen molar-refractivity contribution < 1.29 is 8.78 Å². The van der Waals surface area contributed by atoms with Crippen LogP contribution >= 0.6 is 0 Å². The number of halogens is 2. The molecule has 148 valence electrons. The van der Waals surface area contributed by atoms with Crippen LogP contribution in [0.5, 0.6) is 0 Å². The average Bonchev–Trinajstić information content (AvgIpc) is 2.74. The molecule has 4 rings (SSSR count). The molecule has 0 bridgehead atoms. The van der Waals surface area contributed by atoms with E-state index in [0.29, 0.717) is 0 Å². The lowest BCUT2D eigenvalue weighted by Crippen LogP contribution is -2.18. The molecule has 1 aliphatic carbocycles. The number of benzene rings is 3. The Labute approximate surface area is 171 Å². The van der Waals surface area contributed by atoms with E-state index in [9.17, 15) is 4.39 Å². The molecule has 2 atom stereocenters. The van der Waals surface area contributed by atoms with Gasteiger partial charge in [-0.3, -0.25) is 0 Å². The molecule has 0 radical (unpaired) electrons. The summed E-state index contributed by atoms with van der Waals surface area (Å²) in [5.41, 5.74) is 3.65. The summed E-state index contributed by atoms with van der Waals surface area (Å²) in [7, 11) is 0. The summed E-state index contributed by atoms with van der Waals surface area (Å²) in [6.45, 7) is 2.18. The summed E-state index contributed by atoms with van der Waals surface area (Å²) in [5.74, 6) is -0.377. The summed E-state index contributed by atoms with van der Waals surface area (Å²) in [6.07, 6.45) is 5.34. The predicted molar refractivity (Wildman–Crippen MR) is 114 cm³/mol. The van der Waals surface area contributed by atoms with Gasteiger partial charge in [0.2, 0.25) is 0 Å². The molecule has 0 fully saturated rings. The minimum atomic E-state index is -0.882. The summed E-state index contributed by atoms with van der Waals surface area (Å²) in [5, 5.41) is 11.1. The molecule has 0 N–H and O–H groups in total. The van der Waals surface area contributed by atoms with Crippen molar-refractivity contribution in [2.45, 2.75) is 51.6 Å². The van der Waals surface area contributed by atoms with E-state index in [4.69, 9.17) is 5.26 Å². The second kappa shape index (κ2) is 8.33. The Morgan fingerprint density at radius 2 is 1.83 bits per heavy atom. The summed E-state index contributed by atoms with van der Waals surface area (Å²) < 4.78 is 29.2. The lowest BCUT2D eigenvalue weighted by Gasteiger charge is -2.29. The van der Waals surface area contributed by atoms with Crippen molar-refractivity contribution in [2.24, 2.45) is 5.92 Å². The van der Waals surface area contributed by atoms with Crippen LogP contribution in [0.3, 0.4) is 0 Å². The molecular formula is C26H25F2N. The molecule has 0 heterocycles. The summed E-state index contributed by atoms with van der Waals surface area (Å²) in [6, 6.07) is 16.5. The Morgan fingerprint density at radius 1 is 1.03 bits per heavy atom. The van der Waals surface area contributed by atoms with Crippen LogP contribution in [0.25, 0.3) is 21.9 Å². The van der Waals surface area contributed by atoms with Crippen LogP contribution in [-0.2, 0) is 6.42 Å². The maximum Gasteiger partial charge on any atom is 0.141 e. The van der Waals surface area contributed by atoms with Crippen LogP contribution in [0.15, 0.2) is 48.5 Å². The molecule has 1 nitrogen and oxygen atoms in total. The van der Waals surface area contributed by atoms with Gasteiger partial charge >= 0.3 is 0 Å². The SMILES string of the molecule is CCCCC[C@H]1CCc2c(ccc3cc(-c4ccc(C#N)c(F)c4)ccc23)[C@@H]1F. The van der Waals surface area contributed by atoms with Gasteiger partial charge in [0, 0.05) is 0 Å². The van der Waals surface area contributed by atoms with E-state index in [0.717, 1.165) is 65.1 Å². The van der Waals surface area contributed by atoms with E-state index in [1.165, 1.54) is 18.6 Å². The number of alkyl halides is 1. The van der Waals surface area contributed by atoms with Gasteiger partial charge in [-0.15, -0.1) is 0 Å². The minimum absolute atomic E-state index is 0.0473. The molecule has 3 heteroatoms. The number of nitrogens with zero attached hydrogens (tertiary/aromatic N) is 1. The highest BCUT2D eigenvalue weighted by atomic mass is 19.1. The predicted octanol–water partition coefficient (Wildman–Crippen LogP) is 7.67. The van der Waals surface area contributed by atoms with Crippen molar-refractivity contribution >= 4 is 10.8 Å². The zero-order valence-electron chi connectivity index (χ0n) is 16.7. The minimum Gasteiger partial charge on any atom is -0.242 e. The molecule has 1 aliphatic rings. The fourth-order valence-corrected chi connectivity index (χ4v) is 4.59. The van der Waals surface area contributed by atoms with Crippen LogP contribution in [-0.4, -0.2) is 0 Å². The van der Waals surface area contributed by atoms with E-state index >= 15 is 4.39 Å². The molecule has 3 aromatic rings. The maximum absolute atomic E-state index is 15.2. The van der Waals surface area contributed by atoms with Crippen LogP contribution in [0.1, 0.15) is 61.9 Å². The Bertz CT molecular complexity index is 1080. The molecular weight excluding hydrogens is 364 g/mol. The Kier molecular flexibility index (Phi) is 5.62. The average molecular weight is 389 g/mol. The number of nitriles is 1. The van der Waals surface area contributed by atoms with Gasteiger partial charge < -0.3 is 0 Å². The molecule has 29 heavy (non-hydrogen) atoms. The van der Waals surface area contributed by atoms with Crippen molar-refractivity contribution in [3.63, 3.8) is 0 Å². The summed E-state index contributed by atoms with van der Waals surface area (Å²) in [4.78, 5) is 0. The number of aryl methyl sites for hydroxylation is 1. The topological polar surface area (TPSA) is 23.8 Å². The Hall–Kier alpha value is -2.73. The van der Waals surface area contributed by atoms with Crippen LogP contribution in [0.4, 0.5) is 8.78 Å². The van der Waals surface area contributed by atoms with Gasteiger partial charge in [0.05, 0.1) is 5.56 Å². The molecule has 0 aliphatic heterocycles. The van der Waals surface area contributed by atoms with Crippen LogP contribution < -0.4 is 0 Å². The highest BCUT2D eigenvalue weighted by Gasteiger charge is 2.30. The maximum atomic E-state index is 15.2. The first-order chi connectivity index (χ1) is 14.1. The second-order valence-corrected chi connectivity index (χ2v) is 8.07. The van der Waals surface area contributed by atoms with Gasteiger partial charge in [-0.05, 0) is 76.4 Å². The van der Waals surface area contributed by atoms with E-state index in [2.05, 4.69) is 6.92 Å². The lowest BCUT2D eigenvalue weighted by atomic mass is 9.78. The number of unbranched alkanes of at least 4 members (excludes halogenated alkanes) is 2. The molecule has 0 saturated carbocycles. The van der Waals surface area contributed by atoms with E-state index in [-0.39, 0.29) is 11.5 Å². The molecule has 0 spiro atoms. The first-order valence-corrected chi connectivity index (χ1v) is 10.5. The fraction of sp³-hybridized carbons (Fsp3) is 0.346. The standard InChI is InChI=1S/C26H25F2N/c1-2-3-4-5-17-8-12-23-22-11-9-18(14-20(22)10-13-24(23)26(17)28)19-6-7-21(16-29)25(27)15-19/h6-7,9-11,13-15,17,26H,2-5,8,12H2,1H3/t17-,26+/m0/s1. The van der Waals surface area contributed by atoms with Gasteiger partial charge in [0.1, 0.15) is 18.1 Å². The van der Waals surface area contributed by atoms with Gasteiger partial charge in [-0.1, -0.05) is 56.5 Å². The van der Waals surface area contributed by atoms with E-state index in [1.807, 2.05) is 36.4 Å². The van der Waals surface area contributed by atoms with Gasteiger partial charge in [0.15, 0.2) is 0 Å². The third-order valence-corrected chi connectivity index (χ3v) is 6.25. The van der Waals surface area contributed by atoms with Crippen molar-refractivity contribution in [3.8, 4) is 17.2 Å². The van der Waals surface area contributed by atoms with E-state index < -0.39 is 12.0 Å². The van der Waals surface area contributed by atoms with Gasteiger partial charge in [-0.25, -0.2) is 8.78 Å². The quantitative estimate of drug-likeness (QED) is 0.411. The fourth-order valence-electron chi connectivity index (χ4n) is 4.59. The smallest absolute Gasteiger partial charge is 0.141 e. The summed E-state index contributed by atoms with van der Waals surface area (Å²) >= 11 is 0. The Morgan fingerprint density at radius 3 is 2.59 bits per heavy atom. The normalized spacial score (nSPS) is 18.4. The third-order valence-electron chi connectivity index (χ3n) is 6.25. The lowest BCUT2D eigenvalue weighted by molar-refractivity contribution is 0.192. The first-order valence-electron chi connectivity index (χ1n) is 10.5. The number of rotatable bonds is 5. The van der Waals surface area contributed by atoms with Crippen molar-refractivity contribution in [3.05, 3.63) is 71.0 Å². The van der Waals surface area contributed by atoms with Crippen molar-refractivity contribution in [1.29, 1.82) is 5.26 Å². The molecule has 0 unspecified atom stereocenters. The zero-order chi connectivity index (χ0) is 20.4. The van der Waals surface area contributed by atoms with E-state index in [1.54, 1.807) is 6.07 Å². The third kappa shape index (κ3) is 3.77. The largest absolute Gasteiger partial charge is 0.242 e. The van der Waals surface area contributed by atoms with Gasteiger partial charge in [-0.2, -0.15) is 5.26 Å². The van der Waals surface area contributed by atoms with Crippen LogP contribution in [0.2, 0.25) is 0 Å². The Balaban J connectivity index is 1.66. The second-order valence-electron chi connectivity index (χ2n) is 8.07. The zero-order valence-corrected chi connectivity index (χ0v) is 16.7. The van der Waals surface area contributed by atoms with Gasteiger partial charge in [0.25, 0.3) is 0 Å². The number of fused-ring (bicyclic) bond motifs is 3. The monoisotopic (exact) mass is 389 g/mol. The highest BCUT2D eigenvalue weighted by Crippen LogP contribution is 2.43. The van der Waals surface area contributed by atoms with Crippen LogP contribution in [0, 0.1) is 23.1 Å². The number of hydrogen-bond donors (Lipinski definition) is 0. The molecule has 0 amide bonds. The first kappa shape index (κ1) is 19.6. The molecule has 0 aromatic heterocycles. The number of hydrogen-bond acceptors (Lipinski definition) is 1. The molecule has 3 aromatic carbocycles. The van der Waals surface area contributed by atoms with Crippen molar-refractivity contribution in [2.75, 3.05) is 0 Å². The molecule has 0 saturated heterocycles.